The molecule has 0 nitrogen and oxygen atoms in total. The number of hydrogen-bond donors (Lipinski definition) is 0. The standard InChI is InChI=1S/C12H15BrS/c13-12-5-3-10(4-6-12)8-11-2-1-7-14-9-11/h3-6,11H,1-2,7-9H2. The van der Waals surface area contributed by atoms with Crippen LogP contribution in [0.25, 0.3) is 0 Å². The predicted molar refractivity (Wildman–Crippen MR) is 67.9 cm³/mol. The van der Waals surface area contributed by atoms with E-state index in [4.69, 9.17) is 0 Å². The summed E-state index contributed by atoms with van der Waals surface area (Å²) in [6.07, 6.45) is 4.09. The highest BCUT2D eigenvalue weighted by Gasteiger charge is 2.13. The number of rotatable bonds is 2. The van der Waals surface area contributed by atoms with Crippen LogP contribution in [-0.4, -0.2) is 11.5 Å². The first-order valence-corrected chi connectivity index (χ1v) is 7.11. The van der Waals surface area contributed by atoms with Gasteiger partial charge in [-0.1, -0.05) is 28.1 Å². The van der Waals surface area contributed by atoms with E-state index < -0.39 is 0 Å². The molecule has 2 rings (SSSR count). The summed E-state index contributed by atoms with van der Waals surface area (Å²) in [5.41, 5.74) is 1.49. The molecule has 1 aliphatic heterocycles. The van der Waals surface area contributed by atoms with Crippen molar-refractivity contribution in [3.8, 4) is 0 Å². The first kappa shape index (κ1) is 10.6. The van der Waals surface area contributed by atoms with Gasteiger partial charge in [0.1, 0.15) is 0 Å². The highest BCUT2D eigenvalue weighted by molar-refractivity contribution is 9.10. The summed E-state index contributed by atoms with van der Waals surface area (Å²) in [6.45, 7) is 0. The van der Waals surface area contributed by atoms with Crippen molar-refractivity contribution in [1.29, 1.82) is 0 Å². The topological polar surface area (TPSA) is 0 Å². The molecule has 14 heavy (non-hydrogen) atoms. The fourth-order valence-corrected chi connectivity index (χ4v) is 3.34. The molecule has 0 aliphatic carbocycles. The molecule has 1 saturated heterocycles. The van der Waals surface area contributed by atoms with E-state index in [2.05, 4.69) is 52.0 Å². The first-order chi connectivity index (χ1) is 6.84. The third kappa shape index (κ3) is 3.03. The Hall–Kier alpha value is 0.0500. The number of hydrogen-bond acceptors (Lipinski definition) is 1. The van der Waals surface area contributed by atoms with E-state index in [1.54, 1.807) is 0 Å². The molecule has 1 atom stereocenters. The molecule has 0 aromatic heterocycles. The summed E-state index contributed by atoms with van der Waals surface area (Å²) in [5, 5.41) is 0. The monoisotopic (exact) mass is 270 g/mol. The summed E-state index contributed by atoms with van der Waals surface area (Å²) in [4.78, 5) is 0. The minimum atomic E-state index is 0.912. The Labute approximate surface area is 98.6 Å². The van der Waals surface area contributed by atoms with Gasteiger partial charge in [0.15, 0.2) is 0 Å². The molecule has 2 heteroatoms. The molecule has 0 amide bonds. The Bertz CT molecular complexity index is 275. The van der Waals surface area contributed by atoms with E-state index in [9.17, 15) is 0 Å². The molecule has 76 valence electrons. The van der Waals surface area contributed by atoms with Crippen molar-refractivity contribution in [3.63, 3.8) is 0 Å². The van der Waals surface area contributed by atoms with Gasteiger partial charge in [0.2, 0.25) is 0 Å². The van der Waals surface area contributed by atoms with Crippen LogP contribution in [0.5, 0.6) is 0 Å². The molecule has 0 bridgehead atoms. The smallest absolute Gasteiger partial charge is 0.0175 e. The zero-order valence-corrected chi connectivity index (χ0v) is 10.6. The second-order valence-corrected chi connectivity index (χ2v) is 5.98. The SMILES string of the molecule is Brc1ccc(CC2CCCSC2)cc1. The molecule has 1 aromatic rings. The maximum Gasteiger partial charge on any atom is 0.0175 e. The minimum absolute atomic E-state index is 0.912. The molecule has 0 radical (unpaired) electrons. The summed E-state index contributed by atoms with van der Waals surface area (Å²) in [5.74, 6) is 3.64. The van der Waals surface area contributed by atoms with Gasteiger partial charge in [0.25, 0.3) is 0 Å². The number of thioether (sulfide) groups is 1. The van der Waals surface area contributed by atoms with Crippen LogP contribution < -0.4 is 0 Å². The van der Waals surface area contributed by atoms with Crippen LogP contribution in [0.3, 0.4) is 0 Å². The summed E-state index contributed by atoms with van der Waals surface area (Å²) >= 11 is 5.58. The van der Waals surface area contributed by atoms with Gasteiger partial charge in [-0.3, -0.25) is 0 Å². The average molecular weight is 271 g/mol. The molecule has 1 unspecified atom stereocenters. The van der Waals surface area contributed by atoms with Crippen molar-refractivity contribution in [2.75, 3.05) is 11.5 Å². The quantitative estimate of drug-likeness (QED) is 0.779. The molecule has 0 spiro atoms. The third-order valence-electron chi connectivity index (χ3n) is 2.69. The minimum Gasteiger partial charge on any atom is -0.162 e. The second kappa shape index (κ2) is 5.22. The maximum atomic E-state index is 3.47. The van der Waals surface area contributed by atoms with Crippen molar-refractivity contribution in [1.82, 2.24) is 0 Å². The van der Waals surface area contributed by atoms with Crippen LogP contribution in [0.15, 0.2) is 28.7 Å². The van der Waals surface area contributed by atoms with Crippen molar-refractivity contribution >= 4 is 27.7 Å². The van der Waals surface area contributed by atoms with Gasteiger partial charge in [0.05, 0.1) is 0 Å². The molecule has 1 aliphatic rings. The van der Waals surface area contributed by atoms with Gasteiger partial charge in [-0.2, -0.15) is 11.8 Å². The van der Waals surface area contributed by atoms with Crippen LogP contribution in [-0.2, 0) is 6.42 Å². The van der Waals surface area contributed by atoms with Crippen LogP contribution in [0.1, 0.15) is 18.4 Å². The Kier molecular flexibility index (Phi) is 3.94. The lowest BCUT2D eigenvalue weighted by atomic mass is 9.96. The number of halogens is 1. The fourth-order valence-electron chi connectivity index (χ4n) is 1.92. The van der Waals surface area contributed by atoms with Gasteiger partial charge in [-0.15, -0.1) is 0 Å². The largest absolute Gasteiger partial charge is 0.162 e. The lowest BCUT2D eigenvalue weighted by molar-refractivity contribution is 0.521. The molecule has 1 aromatic carbocycles. The van der Waals surface area contributed by atoms with E-state index in [0.29, 0.717) is 0 Å². The van der Waals surface area contributed by atoms with Crippen LogP contribution >= 0.6 is 27.7 Å². The summed E-state index contributed by atoms with van der Waals surface area (Å²) in [7, 11) is 0. The highest BCUT2D eigenvalue weighted by Crippen LogP contribution is 2.26. The predicted octanol–water partition coefficient (Wildman–Crippen LogP) is 4.13. The average Bonchev–Trinajstić information content (AvgIpc) is 2.23. The van der Waals surface area contributed by atoms with Crippen LogP contribution in [0.4, 0.5) is 0 Å². The van der Waals surface area contributed by atoms with Gasteiger partial charge < -0.3 is 0 Å². The van der Waals surface area contributed by atoms with Gasteiger partial charge >= 0.3 is 0 Å². The molecule has 1 fully saturated rings. The van der Waals surface area contributed by atoms with Gasteiger partial charge in [-0.25, -0.2) is 0 Å². The molecule has 1 heterocycles. The summed E-state index contributed by atoms with van der Waals surface area (Å²) < 4.78 is 1.18. The van der Waals surface area contributed by atoms with Crippen LogP contribution in [0.2, 0.25) is 0 Å². The van der Waals surface area contributed by atoms with Gasteiger partial charge in [0, 0.05) is 4.47 Å². The molecular formula is C12H15BrS. The Morgan fingerprint density at radius 2 is 2.07 bits per heavy atom. The van der Waals surface area contributed by atoms with Crippen molar-refractivity contribution in [3.05, 3.63) is 34.3 Å². The van der Waals surface area contributed by atoms with E-state index in [1.165, 1.54) is 40.8 Å². The summed E-state index contributed by atoms with van der Waals surface area (Å²) in [6, 6.07) is 8.77. The van der Waals surface area contributed by atoms with E-state index in [1.807, 2.05) is 0 Å². The van der Waals surface area contributed by atoms with Crippen LogP contribution in [0, 0.1) is 5.92 Å². The van der Waals surface area contributed by atoms with Crippen molar-refractivity contribution < 1.29 is 0 Å². The fraction of sp³-hybridized carbons (Fsp3) is 0.500. The Morgan fingerprint density at radius 3 is 2.71 bits per heavy atom. The van der Waals surface area contributed by atoms with E-state index in [-0.39, 0.29) is 0 Å². The van der Waals surface area contributed by atoms with Crippen molar-refractivity contribution in [2.45, 2.75) is 19.3 Å². The van der Waals surface area contributed by atoms with E-state index in [0.717, 1.165) is 5.92 Å². The zero-order valence-electron chi connectivity index (χ0n) is 8.21. The zero-order chi connectivity index (χ0) is 9.80. The normalized spacial score (nSPS) is 22.2. The lowest BCUT2D eigenvalue weighted by Gasteiger charge is -2.21. The number of benzene rings is 1. The first-order valence-electron chi connectivity index (χ1n) is 5.17. The Morgan fingerprint density at radius 1 is 1.29 bits per heavy atom. The third-order valence-corrected chi connectivity index (χ3v) is 4.51. The second-order valence-electron chi connectivity index (χ2n) is 3.91. The van der Waals surface area contributed by atoms with Gasteiger partial charge in [-0.05, 0) is 54.4 Å². The molecule has 0 saturated carbocycles. The van der Waals surface area contributed by atoms with Crippen molar-refractivity contribution in [2.24, 2.45) is 5.92 Å². The highest BCUT2D eigenvalue weighted by atomic mass is 79.9. The molecular weight excluding hydrogens is 256 g/mol. The Balaban J connectivity index is 1.92. The maximum absolute atomic E-state index is 3.47. The van der Waals surface area contributed by atoms with E-state index >= 15 is 0 Å². The lowest BCUT2D eigenvalue weighted by Crippen LogP contribution is -2.12. The molecule has 0 N–H and O–H groups in total.